The van der Waals surface area contributed by atoms with Gasteiger partial charge in [0.05, 0.1) is 10.4 Å². The number of halogens is 1. The molecule has 1 aromatic carbocycles. The monoisotopic (exact) mass is 354 g/mol. The van der Waals surface area contributed by atoms with Gasteiger partial charge in [0, 0.05) is 11.1 Å². The second-order valence-corrected chi connectivity index (χ2v) is 8.61. The zero-order chi connectivity index (χ0) is 16.7. The number of rotatable bonds is 4. The van der Waals surface area contributed by atoms with Gasteiger partial charge in [0.2, 0.25) is 10.0 Å². The molecule has 1 saturated carbocycles. The van der Waals surface area contributed by atoms with E-state index in [-0.39, 0.29) is 4.90 Å². The molecule has 0 atom stereocenters. The fourth-order valence-corrected chi connectivity index (χ4v) is 5.85. The molecular formula is C16H19FN2O2S2. The van der Waals surface area contributed by atoms with Gasteiger partial charge in [-0.05, 0) is 44.4 Å². The molecule has 3 rings (SSSR count). The number of aryl methyl sites for hydroxylation is 2. The number of hydrogen-bond acceptors (Lipinski definition) is 4. The summed E-state index contributed by atoms with van der Waals surface area (Å²) in [5.41, 5.74) is 0.746. The maximum atomic E-state index is 13.5. The van der Waals surface area contributed by atoms with E-state index in [1.807, 2.05) is 12.3 Å². The van der Waals surface area contributed by atoms with E-state index in [0.29, 0.717) is 18.4 Å². The average Bonchev–Trinajstić information content (AvgIpc) is 3.11. The SMILES string of the molecule is Cc1csc(C2(NS(=O)(=O)c3cc(F)ccc3C)CCCC2)n1. The second-order valence-electron chi connectivity index (χ2n) is 6.10. The molecule has 0 spiro atoms. The molecule has 124 valence electrons. The zero-order valence-electron chi connectivity index (χ0n) is 13.1. The van der Waals surface area contributed by atoms with E-state index in [2.05, 4.69) is 9.71 Å². The van der Waals surface area contributed by atoms with E-state index in [0.717, 1.165) is 29.6 Å². The maximum absolute atomic E-state index is 13.5. The summed E-state index contributed by atoms with van der Waals surface area (Å²) in [4.78, 5) is 4.50. The Morgan fingerprint density at radius 1 is 1.26 bits per heavy atom. The summed E-state index contributed by atoms with van der Waals surface area (Å²) in [5.74, 6) is -0.554. The van der Waals surface area contributed by atoms with Crippen molar-refractivity contribution in [2.75, 3.05) is 0 Å². The van der Waals surface area contributed by atoms with E-state index in [1.54, 1.807) is 6.92 Å². The molecule has 1 aliphatic rings. The zero-order valence-corrected chi connectivity index (χ0v) is 14.7. The average molecular weight is 354 g/mol. The van der Waals surface area contributed by atoms with Crippen LogP contribution in [0.2, 0.25) is 0 Å². The van der Waals surface area contributed by atoms with Crippen molar-refractivity contribution in [2.24, 2.45) is 0 Å². The Kier molecular flexibility index (Phi) is 4.29. The number of thiazole rings is 1. The molecule has 1 fully saturated rings. The van der Waals surface area contributed by atoms with Crippen LogP contribution in [-0.2, 0) is 15.6 Å². The Labute approximate surface area is 139 Å². The molecule has 2 aromatic rings. The summed E-state index contributed by atoms with van der Waals surface area (Å²) in [6.45, 7) is 3.57. The molecule has 1 aliphatic carbocycles. The molecule has 7 heteroatoms. The van der Waals surface area contributed by atoms with E-state index < -0.39 is 21.4 Å². The van der Waals surface area contributed by atoms with Gasteiger partial charge in [-0.3, -0.25) is 0 Å². The van der Waals surface area contributed by atoms with Crippen LogP contribution in [0.4, 0.5) is 4.39 Å². The standard InChI is InChI=1S/C16H19FN2O2S2/c1-11-5-6-13(17)9-14(11)23(20,21)19-16(7-3-4-8-16)15-18-12(2)10-22-15/h5-6,9-10,19H,3-4,7-8H2,1-2H3. The summed E-state index contributed by atoms with van der Waals surface area (Å²) >= 11 is 1.48. The summed E-state index contributed by atoms with van der Waals surface area (Å²) in [5, 5.41) is 2.72. The highest BCUT2D eigenvalue weighted by atomic mass is 32.2. The molecule has 0 radical (unpaired) electrons. The topological polar surface area (TPSA) is 59.1 Å². The van der Waals surface area contributed by atoms with Crippen molar-refractivity contribution >= 4 is 21.4 Å². The Balaban J connectivity index is 2.01. The lowest BCUT2D eigenvalue weighted by Gasteiger charge is -2.28. The Morgan fingerprint density at radius 2 is 1.96 bits per heavy atom. The fraction of sp³-hybridized carbons (Fsp3) is 0.438. The van der Waals surface area contributed by atoms with Crippen LogP contribution in [0.15, 0.2) is 28.5 Å². The third-order valence-corrected chi connectivity index (χ3v) is 7.10. The summed E-state index contributed by atoms with van der Waals surface area (Å²) < 4.78 is 42.0. The van der Waals surface area contributed by atoms with Crippen molar-refractivity contribution in [2.45, 2.75) is 50.0 Å². The lowest BCUT2D eigenvalue weighted by Crippen LogP contribution is -2.43. The van der Waals surface area contributed by atoms with Crippen LogP contribution in [-0.4, -0.2) is 13.4 Å². The van der Waals surface area contributed by atoms with Gasteiger partial charge in [0.1, 0.15) is 10.8 Å². The number of nitrogens with zero attached hydrogens (tertiary/aromatic N) is 1. The van der Waals surface area contributed by atoms with Gasteiger partial charge >= 0.3 is 0 Å². The summed E-state index contributed by atoms with van der Waals surface area (Å²) in [7, 11) is -3.82. The minimum atomic E-state index is -3.82. The molecule has 1 heterocycles. The molecule has 0 aliphatic heterocycles. The molecule has 0 amide bonds. The Morgan fingerprint density at radius 3 is 2.57 bits per heavy atom. The first-order valence-corrected chi connectivity index (χ1v) is 9.91. The lowest BCUT2D eigenvalue weighted by molar-refractivity contribution is 0.401. The molecule has 1 aromatic heterocycles. The molecule has 0 saturated heterocycles. The predicted octanol–water partition coefficient (Wildman–Crippen LogP) is 3.65. The summed E-state index contributed by atoms with van der Waals surface area (Å²) in [6, 6.07) is 3.83. The van der Waals surface area contributed by atoms with Crippen LogP contribution >= 0.6 is 11.3 Å². The fourth-order valence-electron chi connectivity index (χ4n) is 3.09. The lowest BCUT2D eigenvalue weighted by atomic mass is 10.0. The minimum Gasteiger partial charge on any atom is -0.245 e. The Hall–Kier alpha value is -1.31. The number of hydrogen-bond donors (Lipinski definition) is 1. The van der Waals surface area contributed by atoms with Crippen molar-refractivity contribution in [3.8, 4) is 0 Å². The molecular weight excluding hydrogens is 335 g/mol. The summed E-state index contributed by atoms with van der Waals surface area (Å²) in [6.07, 6.45) is 3.33. The van der Waals surface area contributed by atoms with Gasteiger partial charge in [-0.1, -0.05) is 18.9 Å². The first-order chi connectivity index (χ1) is 10.8. The van der Waals surface area contributed by atoms with Crippen LogP contribution in [0.25, 0.3) is 0 Å². The quantitative estimate of drug-likeness (QED) is 0.912. The van der Waals surface area contributed by atoms with Crippen molar-refractivity contribution in [3.63, 3.8) is 0 Å². The second kappa shape index (κ2) is 5.96. The van der Waals surface area contributed by atoms with E-state index in [9.17, 15) is 12.8 Å². The minimum absolute atomic E-state index is 0.00273. The van der Waals surface area contributed by atoms with Crippen molar-refractivity contribution < 1.29 is 12.8 Å². The van der Waals surface area contributed by atoms with Crippen LogP contribution in [0, 0.1) is 19.7 Å². The van der Waals surface area contributed by atoms with Crippen molar-refractivity contribution in [1.29, 1.82) is 0 Å². The normalized spacial score (nSPS) is 17.5. The van der Waals surface area contributed by atoms with Gasteiger partial charge in [-0.25, -0.2) is 17.8 Å². The van der Waals surface area contributed by atoms with Gasteiger partial charge in [0.15, 0.2) is 0 Å². The van der Waals surface area contributed by atoms with Gasteiger partial charge in [-0.2, -0.15) is 4.72 Å². The largest absolute Gasteiger partial charge is 0.245 e. The smallest absolute Gasteiger partial charge is 0.241 e. The molecule has 0 bridgehead atoms. The number of benzene rings is 1. The molecule has 1 N–H and O–H groups in total. The van der Waals surface area contributed by atoms with E-state index in [1.165, 1.54) is 23.5 Å². The van der Waals surface area contributed by atoms with Gasteiger partial charge in [0.25, 0.3) is 0 Å². The van der Waals surface area contributed by atoms with Crippen LogP contribution in [0.5, 0.6) is 0 Å². The highest BCUT2D eigenvalue weighted by Crippen LogP contribution is 2.41. The number of nitrogens with one attached hydrogen (secondary N) is 1. The number of aromatic nitrogens is 1. The van der Waals surface area contributed by atoms with Crippen molar-refractivity contribution in [3.05, 3.63) is 45.7 Å². The highest BCUT2D eigenvalue weighted by molar-refractivity contribution is 7.89. The van der Waals surface area contributed by atoms with Crippen LogP contribution in [0.3, 0.4) is 0 Å². The van der Waals surface area contributed by atoms with E-state index >= 15 is 0 Å². The van der Waals surface area contributed by atoms with E-state index in [4.69, 9.17) is 0 Å². The Bertz CT molecular complexity index is 824. The third kappa shape index (κ3) is 3.18. The predicted molar refractivity (Wildman–Crippen MR) is 88.5 cm³/mol. The van der Waals surface area contributed by atoms with Crippen LogP contribution in [0.1, 0.15) is 41.9 Å². The first kappa shape index (κ1) is 16.5. The van der Waals surface area contributed by atoms with Crippen LogP contribution < -0.4 is 4.72 Å². The molecule has 4 nitrogen and oxygen atoms in total. The highest BCUT2D eigenvalue weighted by Gasteiger charge is 2.42. The molecule has 0 unspecified atom stereocenters. The van der Waals surface area contributed by atoms with Gasteiger partial charge in [-0.15, -0.1) is 11.3 Å². The number of sulfonamides is 1. The van der Waals surface area contributed by atoms with Crippen molar-refractivity contribution in [1.82, 2.24) is 9.71 Å². The third-order valence-electron chi connectivity index (χ3n) is 4.25. The first-order valence-electron chi connectivity index (χ1n) is 7.55. The maximum Gasteiger partial charge on any atom is 0.241 e. The van der Waals surface area contributed by atoms with Gasteiger partial charge < -0.3 is 0 Å². The molecule has 23 heavy (non-hydrogen) atoms.